The van der Waals surface area contributed by atoms with E-state index >= 15 is 0 Å². The number of ether oxygens (including phenoxy) is 2. The number of aliphatic carboxylic acids is 1. The second-order valence-electron chi connectivity index (χ2n) is 7.91. The van der Waals surface area contributed by atoms with Gasteiger partial charge in [0.25, 0.3) is 0 Å². The zero-order valence-corrected chi connectivity index (χ0v) is 18.8. The summed E-state index contributed by atoms with van der Waals surface area (Å²) in [5.41, 5.74) is 5.25. The highest BCUT2D eigenvalue weighted by Crippen LogP contribution is 2.30. The van der Waals surface area contributed by atoms with E-state index in [9.17, 15) is 14.7 Å². The molecule has 1 rings (SSSR count). The summed E-state index contributed by atoms with van der Waals surface area (Å²) >= 11 is 1.15. The number of nitrogens with two attached hydrogens (primary N) is 1. The fourth-order valence-electron chi connectivity index (χ4n) is 2.98. The summed E-state index contributed by atoms with van der Waals surface area (Å²) in [7, 11) is 1.60. The summed E-state index contributed by atoms with van der Waals surface area (Å²) in [4.78, 5) is 23.5. The number of esters is 1. The van der Waals surface area contributed by atoms with Crippen LogP contribution in [0.25, 0.3) is 0 Å². The Hall–Kier alpha value is -1.35. The molecule has 166 valence electrons. The van der Waals surface area contributed by atoms with E-state index in [-0.39, 0.29) is 30.3 Å². The number of hydrogen-bond acceptors (Lipinski definition) is 7. The summed E-state index contributed by atoms with van der Waals surface area (Å²) < 4.78 is 11.1. The van der Waals surface area contributed by atoms with Crippen LogP contribution in [-0.4, -0.2) is 64.1 Å². The van der Waals surface area contributed by atoms with Gasteiger partial charge in [0.2, 0.25) is 0 Å². The van der Waals surface area contributed by atoms with Crippen LogP contribution in [0.15, 0.2) is 23.8 Å². The van der Waals surface area contributed by atoms with Gasteiger partial charge in [0, 0.05) is 18.1 Å². The number of carbonyl (C=O) groups excluding carboxylic acids is 1. The smallest absolute Gasteiger partial charge is 0.321 e. The first-order chi connectivity index (χ1) is 13.5. The lowest BCUT2D eigenvalue weighted by atomic mass is 9.95. The highest BCUT2D eigenvalue weighted by Gasteiger charge is 2.34. The van der Waals surface area contributed by atoms with Crippen LogP contribution in [0.4, 0.5) is 0 Å². The van der Waals surface area contributed by atoms with Gasteiger partial charge < -0.3 is 25.4 Å². The molecule has 8 heteroatoms. The number of carboxylic acid groups (broad SMARTS) is 1. The average Bonchev–Trinajstić information content (AvgIpc) is 2.63. The molecule has 0 aromatic carbocycles. The Balaban J connectivity index is 3.17. The molecular weight excluding hydrogens is 394 g/mol. The Morgan fingerprint density at radius 2 is 2.14 bits per heavy atom. The fourth-order valence-corrected chi connectivity index (χ4v) is 4.23. The molecule has 6 unspecified atom stereocenters. The lowest BCUT2D eigenvalue weighted by Gasteiger charge is -2.31. The Morgan fingerprint density at radius 3 is 2.72 bits per heavy atom. The fraction of sp³-hybridized carbons (Fsp3) is 0.714. The maximum atomic E-state index is 12.5. The Bertz CT molecular complexity index is 618. The second kappa shape index (κ2) is 11.7. The first kappa shape index (κ1) is 25.7. The van der Waals surface area contributed by atoms with E-state index < -0.39 is 28.8 Å². The van der Waals surface area contributed by atoms with Crippen molar-refractivity contribution >= 4 is 23.7 Å². The van der Waals surface area contributed by atoms with E-state index in [1.54, 1.807) is 26.2 Å². The molecule has 1 heterocycles. The minimum atomic E-state index is -1.39. The first-order valence-electron chi connectivity index (χ1n) is 9.88. The molecule has 7 nitrogen and oxygen atoms in total. The quantitative estimate of drug-likeness (QED) is 0.451. The normalized spacial score (nSPS) is 36.2. The molecule has 0 spiro atoms. The molecule has 0 aromatic rings. The van der Waals surface area contributed by atoms with Gasteiger partial charge in [-0.05, 0) is 45.1 Å². The molecule has 4 N–H and O–H groups in total. The number of allylic oxidation sites excluding steroid dienone is 1. The van der Waals surface area contributed by atoms with Crippen LogP contribution >= 0.6 is 11.8 Å². The summed E-state index contributed by atoms with van der Waals surface area (Å²) in [6.07, 6.45) is 6.56. The number of thioether (sulfide) groups is 1. The third kappa shape index (κ3) is 8.50. The molecular formula is C21H35NO6S. The lowest BCUT2D eigenvalue weighted by molar-refractivity contribution is -0.151. The van der Waals surface area contributed by atoms with Gasteiger partial charge in [-0.3, -0.25) is 9.59 Å². The molecule has 1 aliphatic rings. The van der Waals surface area contributed by atoms with E-state index in [1.807, 2.05) is 20.8 Å². The predicted molar refractivity (Wildman–Crippen MR) is 115 cm³/mol. The first-order valence-corrected chi connectivity index (χ1v) is 10.9. The highest BCUT2D eigenvalue weighted by atomic mass is 32.2. The molecule has 0 bridgehead atoms. The lowest BCUT2D eigenvalue weighted by Crippen LogP contribution is -2.40. The third-order valence-corrected chi connectivity index (χ3v) is 6.91. The van der Waals surface area contributed by atoms with Gasteiger partial charge in [0.1, 0.15) is 12.1 Å². The van der Waals surface area contributed by atoms with Crippen molar-refractivity contribution in [3.05, 3.63) is 23.8 Å². The van der Waals surface area contributed by atoms with Crippen molar-refractivity contribution in [2.75, 3.05) is 12.9 Å². The van der Waals surface area contributed by atoms with Crippen molar-refractivity contribution in [3.63, 3.8) is 0 Å². The topological polar surface area (TPSA) is 119 Å². The van der Waals surface area contributed by atoms with E-state index in [0.29, 0.717) is 0 Å². The molecule has 29 heavy (non-hydrogen) atoms. The van der Waals surface area contributed by atoms with Gasteiger partial charge in [0.15, 0.2) is 0 Å². The van der Waals surface area contributed by atoms with Gasteiger partial charge >= 0.3 is 11.9 Å². The molecule has 0 aliphatic carbocycles. The van der Waals surface area contributed by atoms with Crippen LogP contribution in [0, 0.1) is 5.92 Å². The largest absolute Gasteiger partial charge is 0.480 e. The molecule has 0 amide bonds. The number of carboxylic acids is 1. The van der Waals surface area contributed by atoms with Crippen LogP contribution in [0.1, 0.15) is 47.0 Å². The van der Waals surface area contributed by atoms with E-state index in [2.05, 4.69) is 6.08 Å². The number of rotatable bonds is 5. The summed E-state index contributed by atoms with van der Waals surface area (Å²) in [6.45, 7) is 7.47. The van der Waals surface area contributed by atoms with E-state index in [0.717, 1.165) is 30.2 Å². The van der Waals surface area contributed by atoms with E-state index in [4.69, 9.17) is 20.3 Å². The predicted octanol–water partition coefficient (Wildman–Crippen LogP) is 2.52. The molecule has 0 aromatic heterocycles. The zero-order valence-electron chi connectivity index (χ0n) is 18.0. The summed E-state index contributed by atoms with van der Waals surface area (Å²) in [5.74, 6) is -1.31. The van der Waals surface area contributed by atoms with Crippen LogP contribution in [0.3, 0.4) is 0 Å². The van der Waals surface area contributed by atoms with Crippen LogP contribution in [0.2, 0.25) is 0 Å². The SMILES string of the molecule is COC1/C=C\C(C)(O)C(SCC(N)C(=O)O)CC(=O)OC(C)C(C)CC/C=C\1C. The number of carbonyl (C=O) groups is 2. The summed E-state index contributed by atoms with van der Waals surface area (Å²) in [5, 5.41) is 19.5. The monoisotopic (exact) mass is 429 g/mol. The molecule has 1 aliphatic heterocycles. The van der Waals surface area contributed by atoms with Gasteiger partial charge in [-0.1, -0.05) is 25.2 Å². The van der Waals surface area contributed by atoms with Crippen molar-refractivity contribution in [2.24, 2.45) is 11.7 Å². The van der Waals surface area contributed by atoms with Gasteiger partial charge in [-0.15, -0.1) is 0 Å². The standard InChI is InChI=1S/C21H35NO6S/c1-13-7-6-8-14(2)17(27-5)9-10-21(4,26)18(11-19(23)28-15(13)3)29-12-16(22)20(24)25/h8-10,13,15-18,26H,6-7,11-12,22H2,1-5H3,(H,24,25)/b10-9-,14-8-. The van der Waals surface area contributed by atoms with Crippen LogP contribution in [-0.2, 0) is 19.1 Å². The second-order valence-corrected chi connectivity index (χ2v) is 9.15. The molecule has 0 fully saturated rings. The minimum absolute atomic E-state index is 0.0577. The Morgan fingerprint density at radius 1 is 1.48 bits per heavy atom. The van der Waals surface area contributed by atoms with Crippen molar-refractivity contribution in [1.29, 1.82) is 0 Å². The Labute approximate surface area is 177 Å². The van der Waals surface area contributed by atoms with Crippen LogP contribution < -0.4 is 5.73 Å². The van der Waals surface area contributed by atoms with Gasteiger partial charge in [-0.25, -0.2) is 0 Å². The zero-order chi connectivity index (χ0) is 22.2. The molecule has 0 saturated carbocycles. The molecule has 0 saturated heterocycles. The van der Waals surface area contributed by atoms with Crippen molar-refractivity contribution < 1.29 is 29.3 Å². The highest BCUT2D eigenvalue weighted by molar-refractivity contribution is 8.00. The minimum Gasteiger partial charge on any atom is -0.480 e. The van der Waals surface area contributed by atoms with Crippen molar-refractivity contribution in [1.82, 2.24) is 0 Å². The van der Waals surface area contributed by atoms with Crippen LogP contribution in [0.5, 0.6) is 0 Å². The summed E-state index contributed by atoms with van der Waals surface area (Å²) in [6, 6.07) is -1.08. The van der Waals surface area contributed by atoms with Crippen molar-refractivity contribution in [3.8, 4) is 0 Å². The number of methoxy groups -OCH3 is 1. The molecule has 6 atom stereocenters. The van der Waals surface area contributed by atoms with Gasteiger partial charge in [0.05, 0.1) is 18.1 Å². The van der Waals surface area contributed by atoms with E-state index in [1.165, 1.54) is 0 Å². The Kier molecular flexibility index (Phi) is 10.4. The third-order valence-electron chi connectivity index (χ3n) is 5.32. The maximum absolute atomic E-state index is 12.5. The van der Waals surface area contributed by atoms with Crippen molar-refractivity contribution in [2.45, 2.75) is 76.1 Å². The maximum Gasteiger partial charge on any atom is 0.321 e. The number of cyclic esters (lactones) is 1. The molecule has 0 radical (unpaired) electrons. The number of aliphatic hydroxyl groups is 1. The van der Waals surface area contributed by atoms with Gasteiger partial charge in [-0.2, -0.15) is 11.8 Å². The number of hydrogen-bond donors (Lipinski definition) is 3. The average molecular weight is 430 g/mol.